The summed E-state index contributed by atoms with van der Waals surface area (Å²) in [5.74, 6) is -0.743. The van der Waals surface area contributed by atoms with E-state index in [1.54, 1.807) is 19.1 Å². The third-order valence-electron chi connectivity index (χ3n) is 4.76. The van der Waals surface area contributed by atoms with E-state index in [0.717, 1.165) is 5.56 Å². The predicted octanol–water partition coefficient (Wildman–Crippen LogP) is 3.86. The smallest absolute Gasteiger partial charge is 0.414 e. The molecule has 1 aliphatic heterocycles. The molecule has 1 aromatic rings. The fourth-order valence-corrected chi connectivity index (χ4v) is 3.09. The largest absolute Gasteiger partial charge is 0.442 e. The molecule has 2 rings (SSSR count). The molecule has 6 nitrogen and oxygen atoms in total. The lowest BCUT2D eigenvalue weighted by molar-refractivity contribution is -0.119. The molecule has 1 aliphatic rings. The number of hydrogen-bond acceptors (Lipinski definition) is 4. The Morgan fingerprint density at radius 3 is 2.65 bits per heavy atom. The number of benzene rings is 1. The summed E-state index contributed by atoms with van der Waals surface area (Å²) < 4.78 is 32.3. The molecule has 0 radical (unpaired) electrons. The van der Waals surface area contributed by atoms with E-state index in [9.17, 15) is 18.4 Å². The number of nitrogens with zero attached hydrogens (tertiary/aromatic N) is 1. The molecule has 0 bridgehead atoms. The summed E-state index contributed by atoms with van der Waals surface area (Å²) in [6.07, 6.45) is 2.09. The Bertz CT molecular complexity index is 850. The molecule has 8 heteroatoms. The maximum Gasteiger partial charge on any atom is 0.414 e. The van der Waals surface area contributed by atoms with E-state index >= 15 is 0 Å². The van der Waals surface area contributed by atoms with E-state index in [1.165, 1.54) is 24.0 Å². The van der Waals surface area contributed by atoms with Gasteiger partial charge in [-0.1, -0.05) is 36.9 Å². The number of rotatable bonds is 11. The zero-order valence-electron chi connectivity index (χ0n) is 17.9. The maximum absolute atomic E-state index is 15.0. The van der Waals surface area contributed by atoms with Crippen molar-refractivity contribution in [2.75, 3.05) is 26.3 Å². The summed E-state index contributed by atoms with van der Waals surface area (Å²) in [4.78, 5) is 24.4. The van der Waals surface area contributed by atoms with Crippen LogP contribution in [-0.4, -0.2) is 49.3 Å². The summed E-state index contributed by atoms with van der Waals surface area (Å²) in [6, 6.07) is 7.32. The lowest BCUT2D eigenvalue weighted by Crippen LogP contribution is -2.32. The lowest BCUT2D eigenvalue weighted by atomic mass is 10.0. The number of alkyl halides is 1. The molecule has 1 saturated heterocycles. The molecule has 1 atom stereocenters. The standard InChI is InChI=1S/C23H29F2N3O3/c1-4-21(19-8-6-18(7-9-19)13-26-11-5-10-24)22(25)12-16(2)28-15-20(31-23(28)30)14-27-17(3)29/h4,6-9,12,20,26H,1,5,10-11,13-15H2,2-3H3,(H,27,29)/b16-12+,22-21-/t20-/m0/s1. The first-order valence-electron chi connectivity index (χ1n) is 10.1. The second kappa shape index (κ2) is 12.0. The number of ether oxygens (including phenoxy) is 1. The van der Waals surface area contributed by atoms with Gasteiger partial charge in [0.1, 0.15) is 11.9 Å². The number of hydrogen-bond donors (Lipinski definition) is 2. The Kier molecular flexibility index (Phi) is 9.40. The molecule has 1 aromatic carbocycles. The number of halogens is 2. The van der Waals surface area contributed by atoms with Crippen molar-refractivity contribution in [2.45, 2.75) is 32.9 Å². The second-order valence-electron chi connectivity index (χ2n) is 7.22. The first kappa shape index (κ1) is 24.3. The van der Waals surface area contributed by atoms with Gasteiger partial charge in [-0.25, -0.2) is 9.18 Å². The van der Waals surface area contributed by atoms with Gasteiger partial charge in [0.15, 0.2) is 0 Å². The van der Waals surface area contributed by atoms with E-state index in [1.807, 2.05) is 12.1 Å². The lowest BCUT2D eigenvalue weighted by Gasteiger charge is -2.14. The van der Waals surface area contributed by atoms with Crippen LogP contribution < -0.4 is 10.6 Å². The van der Waals surface area contributed by atoms with Crippen molar-refractivity contribution in [3.8, 4) is 0 Å². The van der Waals surface area contributed by atoms with Crippen molar-refractivity contribution in [3.05, 3.63) is 65.6 Å². The van der Waals surface area contributed by atoms with Gasteiger partial charge in [0, 0.05) is 24.7 Å². The van der Waals surface area contributed by atoms with Crippen molar-refractivity contribution in [1.82, 2.24) is 15.5 Å². The normalized spacial score (nSPS) is 17.3. The van der Waals surface area contributed by atoms with Gasteiger partial charge in [-0.3, -0.25) is 14.1 Å². The minimum atomic E-state index is -0.582. The molecular weight excluding hydrogens is 404 g/mol. The number of amides is 2. The number of carbonyl (C=O) groups is 2. The number of cyclic esters (lactones) is 1. The topological polar surface area (TPSA) is 70.7 Å². The van der Waals surface area contributed by atoms with Gasteiger partial charge in [-0.05, 0) is 37.1 Å². The van der Waals surface area contributed by atoms with Crippen LogP contribution in [0.1, 0.15) is 31.4 Å². The van der Waals surface area contributed by atoms with Gasteiger partial charge in [0.2, 0.25) is 5.91 Å². The third kappa shape index (κ3) is 7.32. The molecule has 0 aromatic heterocycles. The highest BCUT2D eigenvalue weighted by molar-refractivity contribution is 5.78. The Labute approximate surface area is 181 Å². The van der Waals surface area contributed by atoms with E-state index < -0.39 is 18.0 Å². The molecule has 2 N–H and O–H groups in total. The summed E-state index contributed by atoms with van der Waals surface area (Å²) >= 11 is 0. The Morgan fingerprint density at radius 1 is 1.32 bits per heavy atom. The monoisotopic (exact) mass is 433 g/mol. The van der Waals surface area contributed by atoms with E-state index in [-0.39, 0.29) is 25.7 Å². The molecule has 0 aliphatic carbocycles. The molecule has 168 valence electrons. The number of nitrogens with one attached hydrogen (secondary N) is 2. The van der Waals surface area contributed by atoms with Gasteiger partial charge >= 0.3 is 6.09 Å². The fraction of sp³-hybridized carbons (Fsp3) is 0.391. The summed E-state index contributed by atoms with van der Waals surface area (Å²) in [7, 11) is 0. The third-order valence-corrected chi connectivity index (χ3v) is 4.76. The molecule has 0 unspecified atom stereocenters. The Hall–Kier alpha value is -3.00. The molecule has 1 heterocycles. The van der Waals surface area contributed by atoms with Crippen molar-refractivity contribution in [2.24, 2.45) is 0 Å². The van der Waals surface area contributed by atoms with Crippen LogP contribution in [0.2, 0.25) is 0 Å². The van der Waals surface area contributed by atoms with Gasteiger partial charge in [0.25, 0.3) is 0 Å². The van der Waals surface area contributed by atoms with Crippen LogP contribution >= 0.6 is 0 Å². The average molecular weight is 433 g/mol. The fourth-order valence-electron chi connectivity index (χ4n) is 3.09. The first-order chi connectivity index (χ1) is 14.8. The zero-order valence-corrected chi connectivity index (χ0v) is 17.9. The van der Waals surface area contributed by atoms with E-state index in [2.05, 4.69) is 17.2 Å². The van der Waals surface area contributed by atoms with Crippen LogP contribution in [0.3, 0.4) is 0 Å². The van der Waals surface area contributed by atoms with Gasteiger partial charge in [0.05, 0.1) is 19.8 Å². The molecule has 31 heavy (non-hydrogen) atoms. The van der Waals surface area contributed by atoms with E-state index in [0.29, 0.717) is 36.3 Å². The SMILES string of the molecule is C=C/C(=C(F)\C=C(/C)N1C[C@H](CNC(C)=O)OC1=O)c1ccc(CNCCCF)cc1. The van der Waals surface area contributed by atoms with Crippen molar-refractivity contribution in [3.63, 3.8) is 0 Å². The molecular formula is C23H29F2N3O3. The number of allylic oxidation sites excluding steroid dienone is 5. The van der Waals surface area contributed by atoms with Crippen LogP contribution in [0.5, 0.6) is 0 Å². The van der Waals surface area contributed by atoms with Gasteiger partial charge in [-0.2, -0.15) is 0 Å². The first-order valence-corrected chi connectivity index (χ1v) is 10.1. The average Bonchev–Trinajstić information content (AvgIpc) is 3.12. The Balaban J connectivity index is 2.08. The minimum absolute atomic E-state index is 0.204. The maximum atomic E-state index is 15.0. The van der Waals surface area contributed by atoms with Crippen molar-refractivity contribution in [1.29, 1.82) is 0 Å². The quantitative estimate of drug-likeness (QED) is 0.411. The zero-order chi connectivity index (χ0) is 22.8. The summed E-state index contributed by atoms with van der Waals surface area (Å²) in [6.45, 7) is 7.98. The van der Waals surface area contributed by atoms with Crippen LogP contribution in [0, 0.1) is 0 Å². The van der Waals surface area contributed by atoms with E-state index in [4.69, 9.17) is 4.74 Å². The molecule has 1 fully saturated rings. The molecule has 0 saturated carbocycles. The van der Waals surface area contributed by atoms with Crippen LogP contribution in [0.25, 0.3) is 5.57 Å². The minimum Gasteiger partial charge on any atom is -0.442 e. The van der Waals surface area contributed by atoms with Crippen LogP contribution in [0.4, 0.5) is 13.6 Å². The second-order valence-corrected chi connectivity index (χ2v) is 7.22. The molecule has 2 amide bonds. The summed E-state index contributed by atoms with van der Waals surface area (Å²) in [5, 5.41) is 5.74. The van der Waals surface area contributed by atoms with Gasteiger partial charge in [-0.15, -0.1) is 0 Å². The van der Waals surface area contributed by atoms with Crippen molar-refractivity contribution < 1.29 is 23.1 Å². The number of carbonyl (C=O) groups excluding carboxylic acids is 2. The highest BCUT2D eigenvalue weighted by Crippen LogP contribution is 2.25. The highest BCUT2D eigenvalue weighted by atomic mass is 19.1. The predicted molar refractivity (Wildman–Crippen MR) is 116 cm³/mol. The summed E-state index contributed by atoms with van der Waals surface area (Å²) in [5.41, 5.74) is 2.35. The van der Waals surface area contributed by atoms with Gasteiger partial charge < -0.3 is 15.4 Å². The Morgan fingerprint density at radius 2 is 2.03 bits per heavy atom. The highest BCUT2D eigenvalue weighted by Gasteiger charge is 2.32. The van der Waals surface area contributed by atoms with Crippen LogP contribution in [0.15, 0.2) is 54.5 Å². The van der Waals surface area contributed by atoms with Crippen molar-refractivity contribution >= 4 is 17.6 Å². The van der Waals surface area contributed by atoms with Crippen LogP contribution in [-0.2, 0) is 16.1 Å². The molecule has 0 spiro atoms.